The first-order valence-electron chi connectivity index (χ1n) is 6.20. The van der Waals surface area contributed by atoms with Crippen LogP contribution in [-0.2, 0) is 4.79 Å². The van der Waals surface area contributed by atoms with Crippen LogP contribution in [0.2, 0.25) is 10.0 Å². The Morgan fingerprint density at radius 2 is 2.20 bits per heavy atom. The van der Waals surface area contributed by atoms with E-state index >= 15 is 0 Å². The highest BCUT2D eigenvalue weighted by Gasteiger charge is 2.07. The fourth-order valence-electron chi connectivity index (χ4n) is 1.31. The molecule has 0 aliphatic heterocycles. The van der Waals surface area contributed by atoms with Crippen molar-refractivity contribution < 1.29 is 9.53 Å². The number of hydrogen-bond donors (Lipinski definition) is 2. The largest absolute Gasteiger partial charge is 0.482 e. The van der Waals surface area contributed by atoms with Crippen LogP contribution < -0.4 is 15.8 Å². The first kappa shape index (κ1) is 16.6. The first-order valence-corrected chi connectivity index (χ1v) is 6.96. The van der Waals surface area contributed by atoms with Crippen LogP contribution in [-0.4, -0.2) is 25.0 Å². The van der Waals surface area contributed by atoms with Crippen molar-refractivity contribution in [3.05, 3.63) is 28.2 Å². The van der Waals surface area contributed by atoms with Crippen molar-refractivity contribution in [3.8, 4) is 5.75 Å². The highest BCUT2D eigenvalue weighted by Crippen LogP contribution is 2.27. The monoisotopic (exact) mass is 317 g/mol. The molecule has 1 rings (SSSR count). The van der Waals surface area contributed by atoms with Crippen LogP contribution in [0.3, 0.4) is 0 Å². The van der Waals surface area contributed by atoms with E-state index in [-0.39, 0.29) is 12.6 Å². The maximum absolute atomic E-state index is 11.6. The number of guanidine groups is 1. The molecule has 0 saturated heterocycles. The number of carbonyl (C=O) groups is 1. The molecule has 3 N–H and O–H groups in total. The van der Waals surface area contributed by atoms with Crippen LogP contribution >= 0.6 is 23.2 Å². The van der Waals surface area contributed by atoms with Gasteiger partial charge in [-0.15, -0.1) is 0 Å². The Kier molecular flexibility index (Phi) is 7.18. The summed E-state index contributed by atoms with van der Waals surface area (Å²) in [5, 5.41) is 3.28. The Labute approximate surface area is 128 Å². The molecule has 0 aliphatic rings. The number of carbonyl (C=O) groups excluding carboxylic acids is 1. The Bertz CT molecular complexity index is 493. The second-order valence-electron chi connectivity index (χ2n) is 4.03. The van der Waals surface area contributed by atoms with Gasteiger partial charge in [0.2, 0.25) is 0 Å². The number of hydrogen-bond acceptors (Lipinski definition) is 3. The van der Waals surface area contributed by atoms with Gasteiger partial charge in [-0.25, -0.2) is 0 Å². The van der Waals surface area contributed by atoms with Gasteiger partial charge in [0, 0.05) is 11.6 Å². The molecule has 0 fully saturated rings. The number of ether oxygens (including phenoxy) is 1. The van der Waals surface area contributed by atoms with Gasteiger partial charge in [-0.1, -0.05) is 36.5 Å². The Hall–Kier alpha value is -1.46. The smallest absolute Gasteiger partial charge is 0.264 e. The summed E-state index contributed by atoms with van der Waals surface area (Å²) in [6.45, 7) is 2.44. The average Bonchev–Trinajstić information content (AvgIpc) is 2.38. The third-order valence-corrected chi connectivity index (χ3v) is 2.84. The molecule has 7 heteroatoms. The summed E-state index contributed by atoms with van der Waals surface area (Å²) in [5.74, 6) is 0.0794. The summed E-state index contributed by atoms with van der Waals surface area (Å²) in [6, 6.07) is 4.76. The number of halogens is 2. The van der Waals surface area contributed by atoms with E-state index in [4.69, 9.17) is 33.7 Å². The molecule has 1 aromatic rings. The normalized spacial score (nSPS) is 11.2. The van der Waals surface area contributed by atoms with Crippen molar-refractivity contribution in [2.75, 3.05) is 13.2 Å². The van der Waals surface area contributed by atoms with Gasteiger partial charge < -0.3 is 10.5 Å². The number of rotatable bonds is 6. The fraction of sp³-hybridized carbons (Fsp3) is 0.385. The van der Waals surface area contributed by atoms with Crippen molar-refractivity contribution >= 4 is 35.1 Å². The van der Waals surface area contributed by atoms with Gasteiger partial charge in [-0.3, -0.25) is 15.1 Å². The standard InChI is InChI=1S/C13H17Cl2N3O2/c1-2-3-6-17-13(16)18-12(19)8-20-11-5-4-9(14)7-10(11)15/h4-5,7H,2-3,6,8H2,1H3,(H3,16,17,18,19). The van der Waals surface area contributed by atoms with Gasteiger partial charge in [-0.05, 0) is 24.6 Å². The minimum Gasteiger partial charge on any atom is -0.482 e. The predicted octanol–water partition coefficient (Wildman–Crippen LogP) is 2.60. The molecular formula is C13H17Cl2N3O2. The quantitative estimate of drug-likeness (QED) is 0.481. The Morgan fingerprint density at radius 1 is 1.45 bits per heavy atom. The number of benzene rings is 1. The number of nitrogens with two attached hydrogens (primary N) is 1. The minimum absolute atomic E-state index is 0.0919. The van der Waals surface area contributed by atoms with E-state index in [0.29, 0.717) is 22.3 Å². The first-order chi connectivity index (χ1) is 9.52. The van der Waals surface area contributed by atoms with E-state index in [2.05, 4.69) is 10.3 Å². The molecule has 0 bridgehead atoms. The van der Waals surface area contributed by atoms with Gasteiger partial charge in [0.1, 0.15) is 5.75 Å². The lowest BCUT2D eigenvalue weighted by Gasteiger charge is -2.08. The zero-order chi connectivity index (χ0) is 15.0. The van der Waals surface area contributed by atoms with Crippen LogP contribution in [0.4, 0.5) is 0 Å². The molecule has 110 valence electrons. The van der Waals surface area contributed by atoms with Crippen LogP contribution in [0.1, 0.15) is 19.8 Å². The zero-order valence-electron chi connectivity index (χ0n) is 11.2. The van der Waals surface area contributed by atoms with E-state index in [1.807, 2.05) is 6.92 Å². The maximum Gasteiger partial charge on any atom is 0.264 e. The molecule has 0 spiro atoms. The number of aliphatic imine (C=N–C) groups is 1. The van der Waals surface area contributed by atoms with Crippen molar-refractivity contribution in [1.82, 2.24) is 5.32 Å². The second-order valence-corrected chi connectivity index (χ2v) is 4.88. The van der Waals surface area contributed by atoms with E-state index < -0.39 is 5.91 Å². The van der Waals surface area contributed by atoms with Crippen molar-refractivity contribution in [3.63, 3.8) is 0 Å². The molecule has 20 heavy (non-hydrogen) atoms. The summed E-state index contributed by atoms with van der Waals surface area (Å²) >= 11 is 11.7. The highest BCUT2D eigenvalue weighted by atomic mass is 35.5. The van der Waals surface area contributed by atoms with E-state index in [9.17, 15) is 4.79 Å². The Morgan fingerprint density at radius 3 is 2.85 bits per heavy atom. The molecule has 0 radical (unpaired) electrons. The number of nitrogens with one attached hydrogen (secondary N) is 1. The van der Waals surface area contributed by atoms with E-state index in [1.165, 1.54) is 6.07 Å². The summed E-state index contributed by atoms with van der Waals surface area (Å²) in [4.78, 5) is 15.6. The number of unbranched alkanes of at least 4 members (excludes halogenated alkanes) is 1. The lowest BCUT2D eigenvalue weighted by atomic mass is 10.3. The molecule has 0 unspecified atom stereocenters. The summed E-state index contributed by atoms with van der Waals surface area (Å²) in [7, 11) is 0. The maximum atomic E-state index is 11.6. The summed E-state index contributed by atoms with van der Waals surface area (Å²) < 4.78 is 5.27. The Balaban J connectivity index is 2.41. The zero-order valence-corrected chi connectivity index (χ0v) is 12.7. The second kappa shape index (κ2) is 8.66. The van der Waals surface area contributed by atoms with Gasteiger partial charge in [0.15, 0.2) is 12.6 Å². The van der Waals surface area contributed by atoms with E-state index in [0.717, 1.165) is 12.8 Å². The molecule has 1 amide bonds. The summed E-state index contributed by atoms with van der Waals surface area (Å²) in [5.41, 5.74) is 5.55. The molecule has 0 aliphatic carbocycles. The number of nitrogens with zero attached hydrogens (tertiary/aromatic N) is 1. The van der Waals surface area contributed by atoms with Gasteiger partial charge in [0.25, 0.3) is 5.91 Å². The molecule has 1 aromatic carbocycles. The highest BCUT2D eigenvalue weighted by molar-refractivity contribution is 6.35. The SMILES string of the molecule is CCCCN=C(N)NC(=O)COc1ccc(Cl)cc1Cl. The van der Waals surface area contributed by atoms with Crippen LogP contribution in [0.15, 0.2) is 23.2 Å². The van der Waals surface area contributed by atoms with Gasteiger partial charge in [0.05, 0.1) is 5.02 Å². The van der Waals surface area contributed by atoms with Gasteiger partial charge in [-0.2, -0.15) is 0 Å². The third-order valence-electron chi connectivity index (χ3n) is 2.31. The molecule has 5 nitrogen and oxygen atoms in total. The third kappa shape index (κ3) is 6.12. The average molecular weight is 318 g/mol. The molecule has 0 aromatic heterocycles. The van der Waals surface area contributed by atoms with Crippen molar-refractivity contribution in [2.45, 2.75) is 19.8 Å². The fourth-order valence-corrected chi connectivity index (χ4v) is 1.77. The lowest BCUT2D eigenvalue weighted by Crippen LogP contribution is -2.39. The number of amides is 1. The van der Waals surface area contributed by atoms with Crippen LogP contribution in [0, 0.1) is 0 Å². The van der Waals surface area contributed by atoms with Crippen LogP contribution in [0.25, 0.3) is 0 Å². The molecule has 0 atom stereocenters. The van der Waals surface area contributed by atoms with Crippen LogP contribution in [0.5, 0.6) is 5.75 Å². The van der Waals surface area contributed by atoms with Gasteiger partial charge >= 0.3 is 0 Å². The molecule has 0 heterocycles. The van der Waals surface area contributed by atoms with Crippen molar-refractivity contribution in [2.24, 2.45) is 10.7 Å². The van der Waals surface area contributed by atoms with Crippen molar-refractivity contribution in [1.29, 1.82) is 0 Å². The minimum atomic E-state index is -0.395. The molecule has 0 saturated carbocycles. The topological polar surface area (TPSA) is 76.7 Å². The lowest BCUT2D eigenvalue weighted by molar-refractivity contribution is -0.121. The predicted molar refractivity (Wildman–Crippen MR) is 81.5 cm³/mol. The molecular weight excluding hydrogens is 301 g/mol. The summed E-state index contributed by atoms with van der Waals surface area (Å²) in [6.07, 6.45) is 1.94. The van der Waals surface area contributed by atoms with E-state index in [1.54, 1.807) is 12.1 Å².